The minimum atomic E-state index is -0.311. The number of nitrogens with one attached hydrogen (secondary N) is 1. The van der Waals surface area contributed by atoms with Crippen LogP contribution >= 0.6 is 11.3 Å². The van der Waals surface area contributed by atoms with Gasteiger partial charge in [-0.05, 0) is 64.0 Å². The van der Waals surface area contributed by atoms with Crippen LogP contribution in [0.4, 0.5) is 0 Å². The van der Waals surface area contributed by atoms with Crippen molar-refractivity contribution in [3.8, 4) is 5.69 Å². The van der Waals surface area contributed by atoms with Crippen LogP contribution in [0.1, 0.15) is 22.9 Å². The molecule has 10 aromatic rings. The first-order valence-electron chi connectivity index (χ1n) is 17.6. The summed E-state index contributed by atoms with van der Waals surface area (Å²) in [5, 5.41) is 13.7. The maximum Gasteiger partial charge on any atom is 0.159 e. The van der Waals surface area contributed by atoms with Crippen LogP contribution in [0.3, 0.4) is 0 Å². The van der Waals surface area contributed by atoms with Gasteiger partial charge in [-0.3, -0.25) is 0 Å². The normalized spacial score (nSPS) is 14.7. The summed E-state index contributed by atoms with van der Waals surface area (Å²) in [6.07, 6.45) is -0.311. The highest BCUT2D eigenvalue weighted by molar-refractivity contribution is 7.26. The van der Waals surface area contributed by atoms with Crippen LogP contribution < -0.4 is 5.32 Å². The van der Waals surface area contributed by atoms with Gasteiger partial charge in [0.1, 0.15) is 12.0 Å². The minimum Gasteiger partial charge on any atom is -0.344 e. The number of amidine groups is 2. The number of hydrogen-bond donors (Lipinski definition) is 1. The molecule has 0 spiro atoms. The highest BCUT2D eigenvalue weighted by Gasteiger charge is 2.24. The molecule has 0 saturated carbocycles. The Morgan fingerprint density at radius 2 is 1.10 bits per heavy atom. The highest BCUT2D eigenvalue weighted by Crippen LogP contribution is 2.40. The van der Waals surface area contributed by atoms with Gasteiger partial charge in [-0.25, -0.2) is 9.98 Å². The van der Waals surface area contributed by atoms with E-state index in [0.717, 1.165) is 34.0 Å². The summed E-state index contributed by atoms with van der Waals surface area (Å²) in [7, 11) is 0. The van der Waals surface area contributed by atoms with Crippen molar-refractivity contribution < 1.29 is 0 Å². The predicted molar refractivity (Wildman–Crippen MR) is 221 cm³/mol. The molecule has 1 atom stereocenters. The van der Waals surface area contributed by atoms with E-state index in [2.05, 4.69) is 162 Å². The fourth-order valence-electron chi connectivity index (χ4n) is 7.92. The second-order valence-electron chi connectivity index (χ2n) is 13.5. The number of fused-ring (bicyclic) bond motifs is 8. The summed E-state index contributed by atoms with van der Waals surface area (Å²) in [6, 6.07) is 60.9. The van der Waals surface area contributed by atoms with E-state index in [0.29, 0.717) is 0 Å². The van der Waals surface area contributed by atoms with Crippen molar-refractivity contribution in [1.82, 2.24) is 9.88 Å². The van der Waals surface area contributed by atoms with Gasteiger partial charge in [-0.2, -0.15) is 0 Å². The SMILES string of the molecule is c1ccc(C2=NC(c3cccc4c3sc3ccccc34)NC(c3cccc(-n4c5cc6ccccc6cc5c5cc6ccccc6cc54)c3)=N2)cc1. The number of thiophene rings is 1. The molecule has 3 heterocycles. The molecule has 8 aromatic carbocycles. The van der Waals surface area contributed by atoms with E-state index in [1.54, 1.807) is 0 Å². The molecular weight excluding hydrogens is 653 g/mol. The minimum absolute atomic E-state index is 0.311. The largest absolute Gasteiger partial charge is 0.344 e. The molecule has 11 rings (SSSR count). The van der Waals surface area contributed by atoms with Crippen molar-refractivity contribution in [2.75, 3.05) is 0 Å². The molecule has 0 fully saturated rings. The molecule has 52 heavy (non-hydrogen) atoms. The zero-order chi connectivity index (χ0) is 34.2. The topological polar surface area (TPSA) is 41.7 Å². The smallest absolute Gasteiger partial charge is 0.159 e. The van der Waals surface area contributed by atoms with E-state index in [-0.39, 0.29) is 6.17 Å². The Balaban J connectivity index is 1.10. The van der Waals surface area contributed by atoms with Gasteiger partial charge in [-0.1, -0.05) is 127 Å². The first kappa shape index (κ1) is 29.2. The van der Waals surface area contributed by atoms with Crippen molar-refractivity contribution in [2.24, 2.45) is 9.98 Å². The Kier molecular flexibility index (Phi) is 6.45. The van der Waals surface area contributed by atoms with Crippen LogP contribution in [0.5, 0.6) is 0 Å². The molecule has 2 aromatic heterocycles. The zero-order valence-corrected chi connectivity index (χ0v) is 28.8. The lowest BCUT2D eigenvalue weighted by molar-refractivity contribution is 0.680. The zero-order valence-electron chi connectivity index (χ0n) is 28.0. The lowest BCUT2D eigenvalue weighted by Gasteiger charge is -2.24. The van der Waals surface area contributed by atoms with Crippen LogP contribution in [-0.2, 0) is 0 Å². The summed E-state index contributed by atoms with van der Waals surface area (Å²) in [6.45, 7) is 0. The molecule has 0 amide bonds. The summed E-state index contributed by atoms with van der Waals surface area (Å²) < 4.78 is 4.94. The highest BCUT2D eigenvalue weighted by atomic mass is 32.1. The van der Waals surface area contributed by atoms with Crippen molar-refractivity contribution in [3.63, 3.8) is 0 Å². The number of rotatable bonds is 4. The predicted octanol–water partition coefficient (Wildman–Crippen LogP) is 12.0. The van der Waals surface area contributed by atoms with E-state index in [1.165, 1.54) is 63.5 Å². The van der Waals surface area contributed by atoms with Crippen LogP contribution in [0.25, 0.3) is 69.2 Å². The Morgan fingerprint density at radius 1 is 0.500 bits per heavy atom. The number of hydrogen-bond acceptors (Lipinski definition) is 4. The molecule has 1 aliphatic rings. The standard InChI is InChI=1S/C47H30N4S/c1-2-12-29(13-3-1)45-48-46(50-47(49-45)38-22-11-21-37-36-20-8-9-23-43(36)52-44(37)38)34-18-10-19-35(24-34)51-41-27-32-16-6-4-14-30(32)25-39(41)40-26-31-15-5-7-17-33(31)28-42(40)51/h1-28,47H,(H,48,49,50). The van der Waals surface area contributed by atoms with Gasteiger partial charge in [0.25, 0.3) is 0 Å². The van der Waals surface area contributed by atoms with Crippen LogP contribution in [-0.4, -0.2) is 16.2 Å². The summed E-state index contributed by atoms with van der Waals surface area (Å²) in [5.41, 5.74) is 6.59. The average molecular weight is 683 g/mol. The molecule has 0 aliphatic carbocycles. The van der Waals surface area contributed by atoms with E-state index >= 15 is 0 Å². The van der Waals surface area contributed by atoms with Gasteiger partial charge < -0.3 is 9.88 Å². The molecule has 1 N–H and O–H groups in total. The molecule has 0 radical (unpaired) electrons. The number of aliphatic imine (C=N–C) groups is 2. The lowest BCUT2D eigenvalue weighted by Crippen LogP contribution is -2.33. The first-order valence-corrected chi connectivity index (χ1v) is 18.4. The maximum atomic E-state index is 5.25. The second-order valence-corrected chi connectivity index (χ2v) is 14.5. The molecule has 1 aliphatic heterocycles. The summed E-state index contributed by atoms with van der Waals surface area (Å²) in [4.78, 5) is 10.4. The molecule has 0 saturated heterocycles. The van der Waals surface area contributed by atoms with Crippen molar-refractivity contribution in [3.05, 3.63) is 187 Å². The maximum absolute atomic E-state index is 5.25. The van der Waals surface area contributed by atoms with Gasteiger partial charge in [0.05, 0.1) is 11.0 Å². The molecule has 1 unspecified atom stereocenters. The Bertz CT molecular complexity index is 3020. The number of aromatic nitrogens is 1. The third-order valence-electron chi connectivity index (χ3n) is 10.4. The van der Waals surface area contributed by atoms with Gasteiger partial charge in [0.2, 0.25) is 0 Å². The monoisotopic (exact) mass is 682 g/mol. The van der Waals surface area contributed by atoms with Crippen LogP contribution in [0, 0.1) is 0 Å². The van der Waals surface area contributed by atoms with Crippen LogP contribution in [0.15, 0.2) is 180 Å². The van der Waals surface area contributed by atoms with Crippen molar-refractivity contribution in [2.45, 2.75) is 6.17 Å². The van der Waals surface area contributed by atoms with Gasteiger partial charge >= 0.3 is 0 Å². The van der Waals surface area contributed by atoms with E-state index < -0.39 is 0 Å². The quantitative estimate of drug-likeness (QED) is 0.197. The fraction of sp³-hybridized carbons (Fsp3) is 0.0213. The number of nitrogens with zero attached hydrogens (tertiary/aromatic N) is 3. The lowest BCUT2D eigenvalue weighted by atomic mass is 10.0. The second kappa shape index (κ2) is 11.5. The molecular formula is C47H30N4S. The molecule has 244 valence electrons. The molecule has 4 nitrogen and oxygen atoms in total. The Hall–Kier alpha value is -6.56. The first-order chi connectivity index (χ1) is 25.7. The van der Waals surface area contributed by atoms with Crippen LogP contribution in [0.2, 0.25) is 0 Å². The summed E-state index contributed by atoms with van der Waals surface area (Å²) >= 11 is 1.83. The van der Waals surface area contributed by atoms with Crippen molar-refractivity contribution in [1.29, 1.82) is 0 Å². The third-order valence-corrected chi connectivity index (χ3v) is 11.6. The Labute approximate surface area is 303 Å². The van der Waals surface area contributed by atoms with Gasteiger partial charge in [-0.15, -0.1) is 11.3 Å². The number of benzene rings is 8. The van der Waals surface area contributed by atoms with E-state index in [9.17, 15) is 0 Å². The fourth-order valence-corrected chi connectivity index (χ4v) is 9.16. The van der Waals surface area contributed by atoms with Gasteiger partial charge in [0, 0.05) is 53.3 Å². The van der Waals surface area contributed by atoms with Crippen molar-refractivity contribution >= 4 is 86.5 Å². The molecule has 0 bridgehead atoms. The summed E-state index contributed by atoms with van der Waals surface area (Å²) in [5.74, 6) is 1.52. The van der Waals surface area contributed by atoms with E-state index in [1.807, 2.05) is 29.5 Å². The van der Waals surface area contributed by atoms with E-state index in [4.69, 9.17) is 9.98 Å². The average Bonchev–Trinajstić information content (AvgIpc) is 3.74. The third kappa shape index (κ3) is 4.60. The molecule has 5 heteroatoms. The Morgan fingerprint density at radius 3 is 1.83 bits per heavy atom. The van der Waals surface area contributed by atoms with Gasteiger partial charge in [0.15, 0.2) is 5.84 Å².